The molecule has 1 aromatic carbocycles. The molecule has 1 N–H and O–H groups in total. The van der Waals surface area contributed by atoms with E-state index in [1.54, 1.807) is 24.7 Å². The van der Waals surface area contributed by atoms with Gasteiger partial charge < -0.3 is 9.84 Å². The number of aromatic nitrogens is 2. The van der Waals surface area contributed by atoms with Crippen LogP contribution in [-0.4, -0.2) is 33.6 Å². The number of aliphatic hydroxyl groups is 1. The average molecular weight is 274 g/mol. The summed E-state index contributed by atoms with van der Waals surface area (Å²) in [6.45, 7) is 3.77. The summed E-state index contributed by atoms with van der Waals surface area (Å²) in [6, 6.07) is 9.22. The number of carbonyl (C=O) groups is 1. The number of nitrogens with zero attached hydrogens (tertiary/aromatic N) is 2. The molecular weight excluding hydrogens is 256 g/mol. The maximum absolute atomic E-state index is 11.6. The molecule has 2 atom stereocenters. The largest absolute Gasteiger partial charge is 0.462 e. The van der Waals surface area contributed by atoms with Gasteiger partial charge in [0.05, 0.1) is 24.5 Å². The highest BCUT2D eigenvalue weighted by molar-refractivity contribution is 5.88. The Kier molecular flexibility index (Phi) is 4.53. The summed E-state index contributed by atoms with van der Waals surface area (Å²) in [5.41, 5.74) is 1.31. The van der Waals surface area contributed by atoms with E-state index >= 15 is 0 Å². The topological polar surface area (TPSA) is 64.3 Å². The van der Waals surface area contributed by atoms with Gasteiger partial charge in [0.15, 0.2) is 0 Å². The number of esters is 1. The van der Waals surface area contributed by atoms with Gasteiger partial charge in [-0.1, -0.05) is 30.3 Å². The minimum atomic E-state index is -0.632. The molecule has 0 unspecified atom stereocenters. The molecule has 0 amide bonds. The third-order valence-electron chi connectivity index (χ3n) is 3.00. The van der Waals surface area contributed by atoms with E-state index < -0.39 is 12.1 Å². The van der Waals surface area contributed by atoms with Gasteiger partial charge in [-0.15, -0.1) is 0 Å². The van der Waals surface area contributed by atoms with Crippen molar-refractivity contribution in [1.29, 1.82) is 0 Å². The molecule has 2 aromatic rings. The molecule has 0 aliphatic rings. The summed E-state index contributed by atoms with van der Waals surface area (Å²) in [5.74, 6) is -0.406. The fourth-order valence-corrected chi connectivity index (χ4v) is 2.11. The van der Waals surface area contributed by atoms with Crippen LogP contribution in [0.2, 0.25) is 0 Å². The Morgan fingerprint density at radius 1 is 1.40 bits per heavy atom. The summed E-state index contributed by atoms with van der Waals surface area (Å²) in [5, 5.41) is 14.2. The smallest absolute Gasteiger partial charge is 0.341 e. The van der Waals surface area contributed by atoms with Crippen LogP contribution in [0.4, 0.5) is 0 Å². The number of hydrogen-bond donors (Lipinski definition) is 1. The van der Waals surface area contributed by atoms with Crippen molar-refractivity contribution in [2.24, 2.45) is 0 Å². The highest BCUT2D eigenvalue weighted by atomic mass is 16.5. The van der Waals surface area contributed by atoms with Crippen molar-refractivity contribution in [1.82, 2.24) is 9.78 Å². The van der Waals surface area contributed by atoms with E-state index in [2.05, 4.69) is 5.10 Å². The Balaban J connectivity index is 2.30. The van der Waals surface area contributed by atoms with Crippen molar-refractivity contribution in [3.63, 3.8) is 0 Å². The first-order chi connectivity index (χ1) is 9.63. The van der Waals surface area contributed by atoms with E-state index in [1.807, 2.05) is 30.3 Å². The lowest BCUT2D eigenvalue weighted by Crippen LogP contribution is -2.23. The summed E-state index contributed by atoms with van der Waals surface area (Å²) >= 11 is 0. The van der Waals surface area contributed by atoms with Crippen LogP contribution in [0.15, 0.2) is 42.7 Å². The number of benzene rings is 1. The first kappa shape index (κ1) is 14.3. The minimum absolute atomic E-state index is 0.322. The van der Waals surface area contributed by atoms with Crippen molar-refractivity contribution in [3.05, 3.63) is 53.9 Å². The minimum Gasteiger partial charge on any atom is -0.462 e. The fourth-order valence-electron chi connectivity index (χ4n) is 2.11. The van der Waals surface area contributed by atoms with Crippen molar-refractivity contribution in [2.45, 2.75) is 26.0 Å². The van der Waals surface area contributed by atoms with Gasteiger partial charge in [-0.05, 0) is 19.4 Å². The monoisotopic (exact) mass is 274 g/mol. The number of hydrogen-bond acceptors (Lipinski definition) is 4. The quantitative estimate of drug-likeness (QED) is 0.847. The van der Waals surface area contributed by atoms with E-state index in [4.69, 9.17) is 4.74 Å². The third kappa shape index (κ3) is 3.05. The number of rotatable bonds is 5. The third-order valence-corrected chi connectivity index (χ3v) is 3.00. The van der Waals surface area contributed by atoms with Crippen molar-refractivity contribution in [2.75, 3.05) is 6.61 Å². The number of ether oxygens (including phenoxy) is 1. The molecule has 5 heteroatoms. The Labute approximate surface area is 117 Å². The molecule has 1 aromatic heterocycles. The summed E-state index contributed by atoms with van der Waals surface area (Å²) in [4.78, 5) is 11.6. The molecule has 0 saturated heterocycles. The SMILES string of the molecule is CCOC(=O)c1cnn([C@H](c2ccccc2)[C@H](C)O)c1. The van der Waals surface area contributed by atoms with Gasteiger partial charge in [-0.25, -0.2) is 4.79 Å². The van der Waals surface area contributed by atoms with Crippen LogP contribution in [0.1, 0.15) is 35.8 Å². The second-order valence-electron chi connectivity index (χ2n) is 4.53. The second kappa shape index (κ2) is 6.34. The van der Waals surface area contributed by atoms with Crippen LogP contribution >= 0.6 is 0 Å². The van der Waals surface area contributed by atoms with Crippen LogP contribution < -0.4 is 0 Å². The van der Waals surface area contributed by atoms with E-state index in [0.717, 1.165) is 5.56 Å². The maximum Gasteiger partial charge on any atom is 0.341 e. The molecule has 106 valence electrons. The Morgan fingerprint density at radius 3 is 2.70 bits per heavy atom. The standard InChI is InChI=1S/C15H18N2O3/c1-3-20-15(19)13-9-16-17(10-13)14(11(2)18)12-7-5-4-6-8-12/h4-11,14,18H,3H2,1-2H3/t11-,14-/m0/s1. The molecule has 0 radical (unpaired) electrons. The molecule has 0 saturated carbocycles. The Hall–Kier alpha value is -2.14. The van der Waals surface area contributed by atoms with Crippen LogP contribution in [0.5, 0.6) is 0 Å². The molecule has 0 fully saturated rings. The molecule has 0 aliphatic heterocycles. The normalized spacial score (nSPS) is 13.8. The van der Waals surface area contributed by atoms with Gasteiger partial charge in [0.1, 0.15) is 6.04 Å². The molecule has 0 aliphatic carbocycles. The van der Waals surface area contributed by atoms with E-state index in [9.17, 15) is 9.90 Å². The average Bonchev–Trinajstić information content (AvgIpc) is 2.89. The molecule has 1 heterocycles. The predicted octanol–water partition coefficient (Wildman–Crippen LogP) is 2.03. The lowest BCUT2D eigenvalue weighted by atomic mass is 10.0. The van der Waals surface area contributed by atoms with Gasteiger partial charge in [0, 0.05) is 6.20 Å². The Bertz CT molecular complexity index is 564. The second-order valence-corrected chi connectivity index (χ2v) is 4.53. The van der Waals surface area contributed by atoms with Crippen LogP contribution in [0.25, 0.3) is 0 Å². The first-order valence-corrected chi connectivity index (χ1v) is 6.57. The van der Waals surface area contributed by atoms with E-state index in [1.165, 1.54) is 6.20 Å². The molecule has 5 nitrogen and oxygen atoms in total. The zero-order chi connectivity index (χ0) is 14.5. The predicted molar refractivity (Wildman–Crippen MR) is 74.4 cm³/mol. The summed E-state index contributed by atoms with van der Waals surface area (Å²) in [7, 11) is 0. The summed E-state index contributed by atoms with van der Waals surface area (Å²) < 4.78 is 6.52. The van der Waals surface area contributed by atoms with Crippen LogP contribution in [-0.2, 0) is 4.74 Å². The summed E-state index contributed by atoms with van der Waals surface area (Å²) in [6.07, 6.45) is 2.42. The zero-order valence-corrected chi connectivity index (χ0v) is 11.6. The highest BCUT2D eigenvalue weighted by Crippen LogP contribution is 2.21. The molecule has 2 rings (SSSR count). The first-order valence-electron chi connectivity index (χ1n) is 6.57. The van der Waals surface area contributed by atoms with Crippen LogP contribution in [0.3, 0.4) is 0 Å². The van der Waals surface area contributed by atoms with Gasteiger partial charge in [-0.2, -0.15) is 5.10 Å². The van der Waals surface area contributed by atoms with Crippen LogP contribution in [0, 0.1) is 0 Å². The molecular formula is C15H18N2O3. The van der Waals surface area contributed by atoms with E-state index in [0.29, 0.717) is 12.2 Å². The molecule has 0 bridgehead atoms. The highest BCUT2D eigenvalue weighted by Gasteiger charge is 2.21. The van der Waals surface area contributed by atoms with Gasteiger partial charge in [0.2, 0.25) is 0 Å². The number of aliphatic hydroxyl groups excluding tert-OH is 1. The molecule has 20 heavy (non-hydrogen) atoms. The molecule has 0 spiro atoms. The zero-order valence-electron chi connectivity index (χ0n) is 11.6. The Morgan fingerprint density at radius 2 is 2.10 bits per heavy atom. The van der Waals surface area contributed by atoms with E-state index in [-0.39, 0.29) is 6.04 Å². The van der Waals surface area contributed by atoms with Gasteiger partial charge in [0.25, 0.3) is 0 Å². The van der Waals surface area contributed by atoms with Crippen molar-refractivity contribution in [3.8, 4) is 0 Å². The lowest BCUT2D eigenvalue weighted by Gasteiger charge is -2.20. The maximum atomic E-state index is 11.6. The van der Waals surface area contributed by atoms with Gasteiger partial charge >= 0.3 is 5.97 Å². The number of carbonyl (C=O) groups excluding carboxylic acids is 1. The van der Waals surface area contributed by atoms with Crippen molar-refractivity contribution < 1.29 is 14.6 Å². The fraction of sp³-hybridized carbons (Fsp3) is 0.333. The van der Waals surface area contributed by atoms with Gasteiger partial charge in [-0.3, -0.25) is 4.68 Å². The van der Waals surface area contributed by atoms with Crippen molar-refractivity contribution >= 4 is 5.97 Å². The lowest BCUT2D eigenvalue weighted by molar-refractivity contribution is 0.0525.